The summed E-state index contributed by atoms with van der Waals surface area (Å²) in [6.45, 7) is 17.1. The monoisotopic (exact) mass is 532 g/mol. The summed E-state index contributed by atoms with van der Waals surface area (Å²) < 4.78 is 27.8. The number of benzene rings is 1. The first-order valence-corrected chi connectivity index (χ1v) is 14.5. The number of aryl methyl sites for hydroxylation is 2. The Morgan fingerprint density at radius 1 is 0.914 bits per heavy atom. The van der Waals surface area contributed by atoms with Crippen molar-refractivity contribution >= 4 is 20.8 Å². The summed E-state index contributed by atoms with van der Waals surface area (Å²) in [6, 6.07) is 8.06. The molecule has 2 atom stereocenters. The molecule has 0 radical (unpaired) electrons. The second-order valence-electron chi connectivity index (χ2n) is 9.06. The first kappa shape index (κ1) is 36.2. The van der Waals surface area contributed by atoms with Crippen LogP contribution in [0.5, 0.6) is 0 Å². The van der Waals surface area contributed by atoms with E-state index >= 15 is 0 Å². The summed E-state index contributed by atoms with van der Waals surface area (Å²) >= 11 is 5.19. The third-order valence-electron chi connectivity index (χ3n) is 5.44. The second-order valence-corrected chi connectivity index (χ2v) is 10.2. The predicted molar refractivity (Wildman–Crippen MR) is 156 cm³/mol. The van der Waals surface area contributed by atoms with Crippen molar-refractivity contribution in [2.75, 3.05) is 5.88 Å². The Morgan fingerprint density at radius 3 is 1.80 bits per heavy atom. The minimum absolute atomic E-state index is 0.0206. The van der Waals surface area contributed by atoms with Crippen LogP contribution >= 0.6 is 20.8 Å². The van der Waals surface area contributed by atoms with E-state index in [1.807, 2.05) is 26.8 Å². The molecule has 0 aliphatic heterocycles. The third kappa shape index (κ3) is 18.9. The van der Waals surface area contributed by atoms with Crippen molar-refractivity contribution in [2.45, 2.75) is 119 Å². The van der Waals surface area contributed by atoms with E-state index < -0.39 is 5.66 Å². The number of alkyl halides is 3. The Morgan fingerprint density at radius 2 is 1.46 bits per heavy atom. The van der Waals surface area contributed by atoms with Gasteiger partial charge in [0.25, 0.3) is 5.66 Å². The average Bonchev–Trinajstić information content (AvgIpc) is 3.19. The zero-order valence-electron chi connectivity index (χ0n) is 23.6. The molecule has 2 rings (SSSR count). The first-order chi connectivity index (χ1) is 16.5. The molecule has 0 bridgehead atoms. The molecule has 1 heterocycles. The lowest BCUT2D eigenvalue weighted by atomic mass is 10.0. The maximum absolute atomic E-state index is 13.0. The van der Waals surface area contributed by atoms with Gasteiger partial charge in [-0.05, 0) is 44.4 Å². The van der Waals surface area contributed by atoms with Crippen molar-refractivity contribution in [2.24, 2.45) is 5.92 Å². The minimum Gasteiger partial charge on any atom is -0.238 e. The Bertz CT molecular complexity index is 719. The highest BCUT2D eigenvalue weighted by atomic mass is 35.5. The maximum Gasteiger partial charge on any atom is 0.283 e. The largest absolute Gasteiger partial charge is 0.283 e. The standard InChI is InChI=1S/C12H13F2N2P.C10H22.C4H10.C3H7Cl/c1-8-7-9(2)16(15-8)11-5-3-10(4-6-11)12(13,14)17;1-4-6-7-8-9-10(3)5-2;1-3-4-2;1-2-3-4/h3-7H,17H2,1-2H3;10H,4-9H2,1-3H3;3-4H2,1-2H3;2-3H2,1H3. The molecule has 0 saturated heterocycles. The number of hydrogen-bond acceptors (Lipinski definition) is 1. The molecule has 0 aliphatic rings. The lowest BCUT2D eigenvalue weighted by Crippen LogP contribution is -2.04. The van der Waals surface area contributed by atoms with Crippen LogP contribution in [0.25, 0.3) is 5.69 Å². The predicted octanol–water partition coefficient (Wildman–Crippen LogP) is 10.9. The van der Waals surface area contributed by atoms with Crippen LogP contribution in [0.2, 0.25) is 0 Å². The molecular weight excluding hydrogens is 481 g/mol. The molecule has 0 fully saturated rings. The fourth-order valence-corrected chi connectivity index (χ4v) is 3.03. The molecular formula is C29H52ClF2N2P. The highest BCUT2D eigenvalue weighted by Crippen LogP contribution is 2.34. The Kier molecular flexibility index (Phi) is 23.0. The number of aromatic nitrogens is 2. The van der Waals surface area contributed by atoms with E-state index in [0.717, 1.165) is 35.3 Å². The average molecular weight is 533 g/mol. The number of unbranched alkanes of at least 4 members (excludes halogenated alkanes) is 4. The number of halogens is 3. The third-order valence-corrected chi connectivity index (χ3v) is 6.15. The summed E-state index contributed by atoms with van der Waals surface area (Å²) in [5.41, 5.74) is -0.231. The molecule has 0 amide bonds. The van der Waals surface area contributed by atoms with E-state index in [9.17, 15) is 8.78 Å². The van der Waals surface area contributed by atoms with E-state index in [1.54, 1.807) is 16.8 Å². The van der Waals surface area contributed by atoms with E-state index in [4.69, 9.17) is 11.6 Å². The number of nitrogens with zero attached hydrogens (tertiary/aromatic N) is 2. The quantitative estimate of drug-likeness (QED) is 0.169. The molecule has 0 aliphatic carbocycles. The fourth-order valence-electron chi connectivity index (χ4n) is 2.84. The lowest BCUT2D eigenvalue weighted by Gasteiger charge is -2.11. The van der Waals surface area contributed by atoms with Crippen molar-refractivity contribution in [1.29, 1.82) is 0 Å². The lowest BCUT2D eigenvalue weighted by molar-refractivity contribution is 0.104. The number of rotatable bonds is 10. The fraction of sp³-hybridized carbons (Fsp3) is 0.690. The van der Waals surface area contributed by atoms with Crippen LogP contribution in [0.1, 0.15) is 116 Å². The second kappa shape index (κ2) is 22.2. The molecule has 2 unspecified atom stereocenters. The van der Waals surface area contributed by atoms with Gasteiger partial charge < -0.3 is 0 Å². The summed E-state index contributed by atoms with van der Waals surface area (Å²) in [6.07, 6.45) is 12.2. The van der Waals surface area contributed by atoms with Gasteiger partial charge in [-0.25, -0.2) is 4.68 Å². The minimum atomic E-state index is -2.88. The maximum atomic E-state index is 13.0. The zero-order valence-corrected chi connectivity index (χ0v) is 25.6. The van der Waals surface area contributed by atoms with E-state index in [-0.39, 0.29) is 5.56 Å². The van der Waals surface area contributed by atoms with Gasteiger partial charge in [-0.15, -0.1) is 11.6 Å². The van der Waals surface area contributed by atoms with Gasteiger partial charge in [-0.3, -0.25) is 0 Å². The Labute approximate surface area is 222 Å². The van der Waals surface area contributed by atoms with Crippen LogP contribution < -0.4 is 0 Å². The van der Waals surface area contributed by atoms with Crippen LogP contribution in [0.15, 0.2) is 30.3 Å². The topological polar surface area (TPSA) is 17.8 Å². The molecule has 2 nitrogen and oxygen atoms in total. The molecule has 1 aromatic carbocycles. The Balaban J connectivity index is 0. The van der Waals surface area contributed by atoms with Gasteiger partial charge in [0.15, 0.2) is 0 Å². The van der Waals surface area contributed by atoms with Crippen LogP contribution in [0, 0.1) is 19.8 Å². The Hall–Kier alpha value is -0.990. The highest BCUT2D eigenvalue weighted by Gasteiger charge is 2.24. The van der Waals surface area contributed by atoms with Crippen LogP contribution in [0.3, 0.4) is 0 Å². The molecule has 35 heavy (non-hydrogen) atoms. The summed E-state index contributed by atoms with van der Waals surface area (Å²) in [4.78, 5) is 0. The van der Waals surface area contributed by atoms with Gasteiger partial charge in [0, 0.05) is 17.1 Å². The van der Waals surface area contributed by atoms with Gasteiger partial charge in [0.1, 0.15) is 0 Å². The van der Waals surface area contributed by atoms with E-state index in [2.05, 4.69) is 39.7 Å². The van der Waals surface area contributed by atoms with Gasteiger partial charge >= 0.3 is 0 Å². The van der Waals surface area contributed by atoms with E-state index in [1.165, 1.54) is 72.7 Å². The molecule has 2 aromatic rings. The van der Waals surface area contributed by atoms with Crippen LogP contribution in [0.4, 0.5) is 8.78 Å². The zero-order chi connectivity index (χ0) is 27.3. The van der Waals surface area contributed by atoms with Gasteiger partial charge in [0.05, 0.1) is 11.4 Å². The van der Waals surface area contributed by atoms with Crippen molar-refractivity contribution in [3.8, 4) is 5.69 Å². The highest BCUT2D eigenvalue weighted by molar-refractivity contribution is 7.17. The molecule has 0 N–H and O–H groups in total. The molecule has 204 valence electrons. The van der Waals surface area contributed by atoms with Crippen molar-refractivity contribution < 1.29 is 8.78 Å². The van der Waals surface area contributed by atoms with Crippen LogP contribution in [-0.4, -0.2) is 15.7 Å². The summed E-state index contributed by atoms with van der Waals surface area (Å²) in [7, 11) is 1.53. The number of hydrogen-bond donors (Lipinski definition) is 0. The van der Waals surface area contributed by atoms with Crippen molar-refractivity contribution in [1.82, 2.24) is 9.78 Å². The molecule has 1 aromatic heterocycles. The first-order valence-electron chi connectivity index (χ1n) is 13.4. The summed E-state index contributed by atoms with van der Waals surface area (Å²) in [5, 5.41) is 4.30. The normalized spacial score (nSPS) is 11.3. The SMILES string of the molecule is CCCC.CCCCCCC(C)CC.CCCCl.Cc1cc(C)n(-c2ccc(C(F)(F)P)cc2)n1. The van der Waals surface area contributed by atoms with Gasteiger partial charge in [0.2, 0.25) is 0 Å². The molecule has 0 spiro atoms. The smallest absolute Gasteiger partial charge is 0.238 e. The van der Waals surface area contributed by atoms with Gasteiger partial charge in [-0.1, -0.05) is 114 Å². The van der Waals surface area contributed by atoms with Crippen molar-refractivity contribution in [3.63, 3.8) is 0 Å². The molecule has 0 saturated carbocycles. The van der Waals surface area contributed by atoms with E-state index in [0.29, 0.717) is 0 Å². The van der Waals surface area contributed by atoms with Gasteiger partial charge in [-0.2, -0.15) is 13.9 Å². The van der Waals surface area contributed by atoms with Crippen LogP contribution in [-0.2, 0) is 5.66 Å². The summed E-state index contributed by atoms with van der Waals surface area (Å²) in [5.74, 6) is 1.75. The molecule has 6 heteroatoms. The van der Waals surface area contributed by atoms with Crippen molar-refractivity contribution in [3.05, 3.63) is 47.3 Å².